The number of rotatable bonds is 2. The molecule has 0 atom stereocenters. The molecular weight excluding hydrogens is 703 g/mol. The fourth-order valence-electron chi connectivity index (χ4n) is 11.2. The van der Waals surface area contributed by atoms with Gasteiger partial charge in [-0.1, -0.05) is 164 Å². The van der Waals surface area contributed by atoms with Crippen LogP contribution in [0.15, 0.2) is 150 Å². The summed E-state index contributed by atoms with van der Waals surface area (Å²) < 4.78 is 7.29. The van der Waals surface area contributed by atoms with Crippen molar-refractivity contribution >= 4 is 57.4 Å². The lowest BCUT2D eigenvalue weighted by atomic mass is 9.42. The van der Waals surface area contributed by atoms with Gasteiger partial charge in [-0.3, -0.25) is 4.90 Å². The summed E-state index contributed by atoms with van der Waals surface area (Å²) in [6, 6.07) is 54.5. The standard InChI is InChI=1S/C54H45BN2O/c1-52(2,3)33-28-29-42(37(30-33)32-18-9-8-10-19-32)56-44-31-38-34-20-11-13-23-39(34)54(6,7)47(38)46-36-22-17-25-41-50(36)57(43-26-15-14-24-40(43)53(41,4)5)55(49(44)46)48-35-21-12-16-27-45(35)58-51(48)56/h8-31H,1-7H3. The zero-order chi connectivity index (χ0) is 39.5. The van der Waals surface area contributed by atoms with Gasteiger partial charge in [0.1, 0.15) is 5.58 Å². The Hall–Kier alpha value is -6.26. The highest BCUT2D eigenvalue weighted by atomic mass is 16.4. The normalized spacial score (nSPS) is 16.0. The molecule has 0 saturated heterocycles. The third-order valence-electron chi connectivity index (χ3n) is 14.0. The maximum absolute atomic E-state index is 7.29. The van der Waals surface area contributed by atoms with Crippen LogP contribution < -0.4 is 20.6 Å². The van der Waals surface area contributed by atoms with Crippen LogP contribution in [0.4, 0.5) is 28.6 Å². The zero-order valence-electron chi connectivity index (χ0n) is 34.2. The number of benzene rings is 7. The molecule has 0 N–H and O–H groups in total. The molecule has 8 aromatic rings. The lowest BCUT2D eigenvalue weighted by Crippen LogP contribution is -2.63. The fraction of sp³-hybridized carbons (Fsp3) is 0.185. The molecular formula is C54H45BN2O. The van der Waals surface area contributed by atoms with Crippen LogP contribution in [0.1, 0.15) is 76.3 Å². The molecule has 4 heterocycles. The molecule has 4 heteroatoms. The molecule has 280 valence electrons. The summed E-state index contributed by atoms with van der Waals surface area (Å²) in [7, 11) is 0. The first kappa shape index (κ1) is 33.8. The van der Waals surface area contributed by atoms with Gasteiger partial charge in [0.15, 0.2) is 0 Å². The lowest BCUT2D eigenvalue weighted by Gasteiger charge is -2.51. The minimum absolute atomic E-state index is 0.0293. The van der Waals surface area contributed by atoms with E-state index < -0.39 is 0 Å². The zero-order valence-corrected chi connectivity index (χ0v) is 34.2. The Morgan fingerprint density at radius 3 is 2.03 bits per heavy atom. The number of para-hydroxylation sites is 3. The number of fused-ring (bicyclic) bond motifs is 12. The van der Waals surface area contributed by atoms with E-state index in [0.29, 0.717) is 0 Å². The first-order valence-electron chi connectivity index (χ1n) is 20.8. The average molecular weight is 749 g/mol. The van der Waals surface area contributed by atoms with Gasteiger partial charge >= 0.3 is 6.85 Å². The van der Waals surface area contributed by atoms with Crippen LogP contribution in [0.3, 0.4) is 0 Å². The van der Waals surface area contributed by atoms with Gasteiger partial charge in [0.25, 0.3) is 0 Å². The van der Waals surface area contributed by atoms with Crippen molar-refractivity contribution < 1.29 is 4.42 Å². The highest BCUT2D eigenvalue weighted by molar-refractivity contribution is 6.95. The summed E-state index contributed by atoms with van der Waals surface area (Å²) in [5.74, 6) is 0.888. The highest BCUT2D eigenvalue weighted by Crippen LogP contribution is 2.61. The maximum Gasteiger partial charge on any atom is 0.337 e. The van der Waals surface area contributed by atoms with Crippen LogP contribution >= 0.6 is 0 Å². The molecule has 12 rings (SSSR count). The van der Waals surface area contributed by atoms with E-state index in [0.717, 1.165) is 22.5 Å². The summed E-state index contributed by atoms with van der Waals surface area (Å²) in [5.41, 5.74) is 22.4. The number of nitrogens with zero attached hydrogens (tertiary/aromatic N) is 2. The predicted octanol–water partition coefficient (Wildman–Crippen LogP) is 13.1. The van der Waals surface area contributed by atoms with Crippen molar-refractivity contribution in [3.05, 3.63) is 173 Å². The van der Waals surface area contributed by atoms with Gasteiger partial charge in [0, 0.05) is 49.9 Å². The fourth-order valence-corrected chi connectivity index (χ4v) is 11.2. The van der Waals surface area contributed by atoms with Gasteiger partial charge in [-0.2, -0.15) is 0 Å². The van der Waals surface area contributed by atoms with Crippen molar-refractivity contribution in [1.29, 1.82) is 0 Å². The average Bonchev–Trinajstić information content (AvgIpc) is 3.72. The van der Waals surface area contributed by atoms with Gasteiger partial charge in [0.2, 0.25) is 5.88 Å². The number of hydrogen-bond acceptors (Lipinski definition) is 3. The SMILES string of the molecule is CC(C)(C)c1ccc(N2c3cc4c(c5c3B(c3c2oc2ccccc32)N2c3ccccc3C(C)(C)c3cccc-5c32)C(C)(C)c2ccccc2-4)c(-c2ccccc2)c1. The van der Waals surface area contributed by atoms with Crippen LogP contribution in [0.5, 0.6) is 0 Å². The number of furan rings is 1. The molecule has 0 spiro atoms. The van der Waals surface area contributed by atoms with Crippen molar-refractivity contribution in [2.24, 2.45) is 0 Å². The quantitative estimate of drug-likeness (QED) is 0.164. The molecule has 0 bridgehead atoms. The van der Waals surface area contributed by atoms with E-state index in [1.165, 1.54) is 89.2 Å². The maximum atomic E-state index is 7.29. The van der Waals surface area contributed by atoms with E-state index in [1.54, 1.807) is 0 Å². The highest BCUT2D eigenvalue weighted by Gasteiger charge is 2.54. The Balaban J connectivity index is 1.29. The minimum atomic E-state index is -0.221. The third-order valence-corrected chi connectivity index (χ3v) is 14.0. The molecule has 0 fully saturated rings. The van der Waals surface area contributed by atoms with E-state index in [4.69, 9.17) is 4.42 Å². The second-order valence-corrected chi connectivity index (χ2v) is 18.9. The van der Waals surface area contributed by atoms with Gasteiger partial charge in [-0.05, 0) is 91.3 Å². The Bertz CT molecular complexity index is 3070. The van der Waals surface area contributed by atoms with Crippen molar-refractivity contribution in [1.82, 2.24) is 0 Å². The first-order chi connectivity index (χ1) is 28.0. The second-order valence-electron chi connectivity index (χ2n) is 18.9. The van der Waals surface area contributed by atoms with E-state index in [2.05, 4.69) is 204 Å². The van der Waals surface area contributed by atoms with Gasteiger partial charge < -0.3 is 9.23 Å². The molecule has 58 heavy (non-hydrogen) atoms. The molecule has 3 nitrogen and oxygen atoms in total. The molecule has 3 aliphatic heterocycles. The van der Waals surface area contributed by atoms with Crippen LogP contribution in [0, 0.1) is 0 Å². The van der Waals surface area contributed by atoms with E-state index >= 15 is 0 Å². The monoisotopic (exact) mass is 748 g/mol. The second kappa shape index (κ2) is 11.2. The van der Waals surface area contributed by atoms with Gasteiger partial charge in [0.05, 0.1) is 5.69 Å². The predicted molar refractivity (Wildman–Crippen MR) is 244 cm³/mol. The summed E-state index contributed by atoms with van der Waals surface area (Å²) in [5, 5.41) is 1.16. The smallest absolute Gasteiger partial charge is 0.337 e. The first-order valence-corrected chi connectivity index (χ1v) is 20.8. The summed E-state index contributed by atoms with van der Waals surface area (Å²) in [6.45, 7) is 16.5. The topological polar surface area (TPSA) is 19.6 Å². The molecule has 7 aromatic carbocycles. The van der Waals surface area contributed by atoms with Crippen LogP contribution in [0.25, 0.3) is 44.3 Å². The molecule has 1 aromatic heterocycles. The minimum Gasteiger partial charge on any atom is -0.440 e. The largest absolute Gasteiger partial charge is 0.440 e. The molecule has 0 unspecified atom stereocenters. The van der Waals surface area contributed by atoms with Crippen LogP contribution in [0.2, 0.25) is 0 Å². The molecule has 4 aliphatic rings. The Labute approximate surface area is 341 Å². The summed E-state index contributed by atoms with van der Waals surface area (Å²) >= 11 is 0. The van der Waals surface area contributed by atoms with E-state index in [1.807, 2.05) is 0 Å². The lowest BCUT2D eigenvalue weighted by molar-refractivity contribution is 0.590. The Morgan fingerprint density at radius 2 is 1.22 bits per heavy atom. The van der Waals surface area contributed by atoms with Gasteiger partial charge in [-0.25, -0.2) is 0 Å². The third kappa shape index (κ3) is 4.20. The summed E-state index contributed by atoms with van der Waals surface area (Å²) in [6.07, 6.45) is 0. The summed E-state index contributed by atoms with van der Waals surface area (Å²) in [4.78, 5) is 5.18. The van der Waals surface area contributed by atoms with Crippen molar-refractivity contribution in [3.63, 3.8) is 0 Å². The van der Waals surface area contributed by atoms with Crippen LogP contribution in [-0.4, -0.2) is 6.85 Å². The van der Waals surface area contributed by atoms with Crippen LogP contribution in [-0.2, 0) is 16.2 Å². The number of anilines is 5. The van der Waals surface area contributed by atoms with Crippen molar-refractivity contribution in [2.75, 3.05) is 9.71 Å². The Morgan fingerprint density at radius 1 is 0.534 bits per heavy atom. The molecule has 0 radical (unpaired) electrons. The molecule has 0 amide bonds. The number of hydrogen-bond donors (Lipinski definition) is 0. The molecule has 0 saturated carbocycles. The molecule has 1 aliphatic carbocycles. The van der Waals surface area contributed by atoms with E-state index in [9.17, 15) is 0 Å². The van der Waals surface area contributed by atoms with Gasteiger partial charge in [-0.15, -0.1) is 0 Å². The van der Waals surface area contributed by atoms with Crippen molar-refractivity contribution in [3.8, 4) is 33.4 Å². The van der Waals surface area contributed by atoms with Crippen molar-refractivity contribution in [2.45, 2.75) is 64.7 Å². The van der Waals surface area contributed by atoms with E-state index in [-0.39, 0.29) is 23.1 Å². The Kier molecular flexibility index (Phi) is 6.55.